The zero-order chi connectivity index (χ0) is 11.7. The van der Waals surface area contributed by atoms with Gasteiger partial charge in [0.1, 0.15) is 0 Å². The van der Waals surface area contributed by atoms with Gasteiger partial charge >= 0.3 is 0 Å². The van der Waals surface area contributed by atoms with Crippen LogP contribution >= 0.6 is 0 Å². The molecule has 0 aromatic rings. The lowest BCUT2D eigenvalue weighted by atomic mass is 9.88. The van der Waals surface area contributed by atoms with Crippen LogP contribution in [-0.4, -0.2) is 11.9 Å². The predicted octanol–water partition coefficient (Wildman–Crippen LogP) is 3.26. The Balaban J connectivity index is 1.52. The molecule has 3 unspecified atom stereocenters. The van der Waals surface area contributed by atoms with Crippen molar-refractivity contribution in [1.29, 1.82) is 0 Å². The highest BCUT2D eigenvalue weighted by Gasteiger charge is 2.43. The first-order valence-electron chi connectivity index (χ1n) is 7.63. The van der Waals surface area contributed by atoms with E-state index in [1.165, 1.54) is 64.2 Å². The van der Waals surface area contributed by atoms with E-state index in [-0.39, 0.29) is 0 Å². The molecule has 2 heteroatoms. The minimum atomic E-state index is 0.372. The maximum absolute atomic E-state index is 12.3. The SMILES string of the molecule is O=C(NC1CCCCCC1)C1CC2CCC1C2. The normalized spacial score (nSPS) is 38.0. The number of fused-ring (bicyclic) bond motifs is 2. The van der Waals surface area contributed by atoms with Crippen molar-refractivity contribution in [3.63, 3.8) is 0 Å². The predicted molar refractivity (Wildman–Crippen MR) is 68.6 cm³/mol. The summed E-state index contributed by atoms with van der Waals surface area (Å²) in [4.78, 5) is 12.3. The van der Waals surface area contributed by atoms with E-state index in [4.69, 9.17) is 0 Å². The van der Waals surface area contributed by atoms with Crippen molar-refractivity contribution in [2.24, 2.45) is 17.8 Å². The van der Waals surface area contributed by atoms with Crippen LogP contribution in [0.2, 0.25) is 0 Å². The summed E-state index contributed by atoms with van der Waals surface area (Å²) in [5.74, 6) is 2.37. The molecule has 0 aromatic heterocycles. The van der Waals surface area contributed by atoms with E-state index in [1.54, 1.807) is 0 Å². The number of rotatable bonds is 2. The first-order chi connectivity index (χ1) is 8.33. The van der Waals surface area contributed by atoms with E-state index in [0.717, 1.165) is 11.8 Å². The maximum Gasteiger partial charge on any atom is 0.223 e. The van der Waals surface area contributed by atoms with Gasteiger partial charge < -0.3 is 5.32 Å². The minimum Gasteiger partial charge on any atom is -0.353 e. The zero-order valence-electron chi connectivity index (χ0n) is 10.8. The van der Waals surface area contributed by atoms with Crippen molar-refractivity contribution in [3.8, 4) is 0 Å². The average Bonchev–Trinajstić information content (AvgIpc) is 2.87. The molecule has 0 spiro atoms. The zero-order valence-corrected chi connectivity index (χ0v) is 10.8. The Kier molecular flexibility index (Phi) is 3.39. The number of hydrogen-bond donors (Lipinski definition) is 1. The third-order valence-electron chi connectivity index (χ3n) is 5.28. The molecular weight excluding hydrogens is 210 g/mol. The number of hydrogen-bond acceptors (Lipinski definition) is 1. The third kappa shape index (κ3) is 2.51. The second-order valence-electron chi connectivity index (χ2n) is 6.48. The van der Waals surface area contributed by atoms with Gasteiger partial charge in [-0.2, -0.15) is 0 Å². The van der Waals surface area contributed by atoms with Crippen LogP contribution in [0.15, 0.2) is 0 Å². The van der Waals surface area contributed by atoms with Crippen molar-refractivity contribution in [2.45, 2.75) is 70.3 Å². The Hall–Kier alpha value is -0.530. The molecule has 0 aromatic carbocycles. The van der Waals surface area contributed by atoms with Gasteiger partial charge in [-0.05, 0) is 43.9 Å². The van der Waals surface area contributed by atoms with Gasteiger partial charge in [0.25, 0.3) is 0 Å². The van der Waals surface area contributed by atoms with E-state index in [0.29, 0.717) is 17.9 Å². The van der Waals surface area contributed by atoms with Gasteiger partial charge in [0.2, 0.25) is 5.91 Å². The first-order valence-corrected chi connectivity index (χ1v) is 7.63. The quantitative estimate of drug-likeness (QED) is 0.731. The minimum absolute atomic E-state index is 0.372. The molecule has 0 aliphatic heterocycles. The fraction of sp³-hybridized carbons (Fsp3) is 0.933. The van der Waals surface area contributed by atoms with Crippen molar-refractivity contribution in [3.05, 3.63) is 0 Å². The first kappa shape index (κ1) is 11.6. The molecule has 3 saturated carbocycles. The fourth-order valence-electron chi connectivity index (χ4n) is 4.30. The standard InChI is InChI=1S/C15H25NO/c17-15(14-10-11-7-8-12(14)9-11)16-13-5-3-1-2-4-6-13/h11-14H,1-10H2,(H,16,17). The number of carbonyl (C=O) groups is 1. The monoisotopic (exact) mass is 235 g/mol. The van der Waals surface area contributed by atoms with Crippen molar-refractivity contribution >= 4 is 5.91 Å². The molecule has 2 bridgehead atoms. The number of nitrogens with one attached hydrogen (secondary N) is 1. The molecule has 3 atom stereocenters. The van der Waals surface area contributed by atoms with Crippen LogP contribution in [0.4, 0.5) is 0 Å². The topological polar surface area (TPSA) is 29.1 Å². The van der Waals surface area contributed by atoms with E-state index >= 15 is 0 Å². The van der Waals surface area contributed by atoms with Crippen LogP contribution < -0.4 is 5.32 Å². The molecule has 0 radical (unpaired) electrons. The molecule has 0 heterocycles. The van der Waals surface area contributed by atoms with E-state index in [2.05, 4.69) is 5.32 Å². The molecule has 3 fully saturated rings. The lowest BCUT2D eigenvalue weighted by molar-refractivity contribution is -0.127. The molecule has 3 aliphatic carbocycles. The van der Waals surface area contributed by atoms with Gasteiger partial charge in [0.05, 0.1) is 0 Å². The Morgan fingerprint density at radius 3 is 2.24 bits per heavy atom. The summed E-state index contributed by atoms with van der Waals surface area (Å²) in [7, 11) is 0. The number of carbonyl (C=O) groups excluding carboxylic acids is 1. The van der Waals surface area contributed by atoms with Crippen LogP contribution in [0.1, 0.15) is 64.2 Å². The maximum atomic E-state index is 12.3. The van der Waals surface area contributed by atoms with Crippen molar-refractivity contribution < 1.29 is 4.79 Å². The van der Waals surface area contributed by atoms with Crippen LogP contribution in [0.3, 0.4) is 0 Å². The van der Waals surface area contributed by atoms with Gasteiger partial charge in [-0.1, -0.05) is 32.1 Å². The molecule has 1 amide bonds. The smallest absolute Gasteiger partial charge is 0.223 e. The van der Waals surface area contributed by atoms with Gasteiger partial charge in [0.15, 0.2) is 0 Å². The van der Waals surface area contributed by atoms with E-state index in [1.807, 2.05) is 0 Å². The summed E-state index contributed by atoms with van der Waals surface area (Å²) in [6.07, 6.45) is 13.0. The second-order valence-corrected chi connectivity index (χ2v) is 6.48. The lowest BCUT2D eigenvalue weighted by Crippen LogP contribution is -2.40. The van der Waals surface area contributed by atoms with Crippen LogP contribution in [-0.2, 0) is 4.79 Å². The summed E-state index contributed by atoms with van der Waals surface area (Å²) < 4.78 is 0. The van der Waals surface area contributed by atoms with Crippen LogP contribution in [0.5, 0.6) is 0 Å². The summed E-state index contributed by atoms with van der Waals surface area (Å²) in [6.45, 7) is 0. The van der Waals surface area contributed by atoms with Crippen LogP contribution in [0, 0.1) is 17.8 Å². The second kappa shape index (κ2) is 4.99. The average molecular weight is 235 g/mol. The fourth-order valence-corrected chi connectivity index (χ4v) is 4.30. The molecule has 3 aliphatic rings. The highest BCUT2D eigenvalue weighted by atomic mass is 16.2. The third-order valence-corrected chi connectivity index (χ3v) is 5.28. The molecule has 3 rings (SSSR count). The number of amides is 1. The summed E-state index contributed by atoms with van der Waals surface area (Å²) in [6, 6.07) is 0.490. The Labute approximate surface area is 105 Å². The molecule has 96 valence electrons. The largest absolute Gasteiger partial charge is 0.353 e. The summed E-state index contributed by atoms with van der Waals surface area (Å²) in [5, 5.41) is 3.35. The van der Waals surface area contributed by atoms with Gasteiger partial charge in [0, 0.05) is 12.0 Å². The molecule has 17 heavy (non-hydrogen) atoms. The Bertz CT molecular complexity index is 281. The summed E-state index contributed by atoms with van der Waals surface area (Å²) >= 11 is 0. The Morgan fingerprint density at radius 1 is 0.882 bits per heavy atom. The van der Waals surface area contributed by atoms with Crippen molar-refractivity contribution in [1.82, 2.24) is 5.32 Å². The molecule has 2 nitrogen and oxygen atoms in total. The highest BCUT2D eigenvalue weighted by molar-refractivity contribution is 5.79. The highest BCUT2D eigenvalue weighted by Crippen LogP contribution is 2.48. The molecule has 1 N–H and O–H groups in total. The summed E-state index contributed by atoms with van der Waals surface area (Å²) in [5.41, 5.74) is 0. The van der Waals surface area contributed by atoms with Crippen LogP contribution in [0.25, 0.3) is 0 Å². The van der Waals surface area contributed by atoms with E-state index < -0.39 is 0 Å². The Morgan fingerprint density at radius 2 is 1.65 bits per heavy atom. The lowest BCUT2D eigenvalue weighted by Gasteiger charge is -2.24. The van der Waals surface area contributed by atoms with Crippen molar-refractivity contribution in [2.75, 3.05) is 0 Å². The van der Waals surface area contributed by atoms with Gasteiger partial charge in [-0.3, -0.25) is 4.79 Å². The van der Waals surface area contributed by atoms with Gasteiger partial charge in [-0.25, -0.2) is 0 Å². The molecule has 0 saturated heterocycles. The van der Waals surface area contributed by atoms with E-state index in [9.17, 15) is 4.79 Å². The van der Waals surface area contributed by atoms with Gasteiger partial charge in [-0.15, -0.1) is 0 Å². The molecular formula is C15H25NO.